The minimum Gasteiger partial charge on any atom is -0.497 e. The van der Waals surface area contributed by atoms with Crippen LogP contribution in [0, 0.1) is 0 Å². The Hall–Kier alpha value is -2.62. The van der Waals surface area contributed by atoms with Crippen molar-refractivity contribution in [1.29, 1.82) is 0 Å². The summed E-state index contributed by atoms with van der Waals surface area (Å²) >= 11 is 0. The zero-order chi connectivity index (χ0) is 17.4. The molecule has 0 bridgehead atoms. The molecule has 0 N–H and O–H groups in total. The van der Waals surface area contributed by atoms with Crippen molar-refractivity contribution < 1.29 is 18.9 Å². The van der Waals surface area contributed by atoms with Gasteiger partial charge in [0, 0.05) is 11.1 Å². The van der Waals surface area contributed by atoms with Gasteiger partial charge in [0.05, 0.1) is 27.4 Å². The van der Waals surface area contributed by atoms with E-state index >= 15 is 0 Å². The van der Waals surface area contributed by atoms with E-state index < -0.39 is 0 Å². The molecular formula is C20H24O4. The predicted molar refractivity (Wildman–Crippen MR) is 96.1 cm³/mol. The molecule has 0 saturated carbocycles. The zero-order valence-electron chi connectivity index (χ0n) is 14.7. The lowest BCUT2D eigenvalue weighted by Gasteiger charge is -2.17. The number of benzene rings is 2. The molecular weight excluding hydrogens is 304 g/mol. The Balaban J connectivity index is 2.51. The molecule has 0 aliphatic carbocycles. The Labute approximate surface area is 143 Å². The first-order valence-electron chi connectivity index (χ1n) is 8.02. The fourth-order valence-corrected chi connectivity index (χ4v) is 2.33. The molecule has 0 atom stereocenters. The van der Waals surface area contributed by atoms with Gasteiger partial charge in [-0.2, -0.15) is 0 Å². The van der Waals surface area contributed by atoms with Crippen molar-refractivity contribution >= 4 is 11.5 Å². The van der Waals surface area contributed by atoms with E-state index in [0.717, 1.165) is 22.6 Å². The predicted octanol–water partition coefficient (Wildman–Crippen LogP) is 4.60. The molecule has 0 unspecified atom stereocenters. The fourth-order valence-electron chi connectivity index (χ4n) is 2.33. The highest BCUT2D eigenvalue weighted by molar-refractivity contribution is 5.84. The Morgan fingerprint density at radius 3 is 1.21 bits per heavy atom. The monoisotopic (exact) mass is 328 g/mol. The van der Waals surface area contributed by atoms with E-state index in [0.29, 0.717) is 24.7 Å². The molecule has 0 aliphatic heterocycles. The minimum atomic E-state index is 0.550. The Kier molecular flexibility index (Phi) is 6.55. The fraction of sp³-hybridized carbons (Fsp3) is 0.300. The van der Waals surface area contributed by atoms with Gasteiger partial charge < -0.3 is 18.9 Å². The number of ether oxygens (including phenoxy) is 4. The van der Waals surface area contributed by atoms with E-state index in [1.54, 1.807) is 14.2 Å². The number of hydrogen-bond acceptors (Lipinski definition) is 4. The lowest BCUT2D eigenvalue weighted by Crippen LogP contribution is -2.01. The van der Waals surface area contributed by atoms with Crippen LogP contribution in [0.25, 0.3) is 11.5 Å². The van der Waals surface area contributed by atoms with E-state index in [2.05, 4.69) is 0 Å². The molecule has 0 spiro atoms. The van der Waals surface area contributed by atoms with Crippen LogP contribution in [0.4, 0.5) is 0 Å². The van der Waals surface area contributed by atoms with Gasteiger partial charge in [-0.15, -0.1) is 0 Å². The summed E-state index contributed by atoms with van der Waals surface area (Å²) in [4.78, 5) is 0. The normalized spacial score (nSPS) is 11.5. The van der Waals surface area contributed by atoms with Crippen molar-refractivity contribution in [2.75, 3.05) is 27.4 Å². The molecule has 2 aromatic rings. The van der Waals surface area contributed by atoms with Gasteiger partial charge in [-0.1, -0.05) is 0 Å². The van der Waals surface area contributed by atoms with Gasteiger partial charge in [0.15, 0.2) is 11.5 Å². The van der Waals surface area contributed by atoms with Crippen LogP contribution in [0.5, 0.6) is 11.5 Å². The maximum absolute atomic E-state index is 5.91. The highest BCUT2D eigenvalue weighted by Gasteiger charge is 2.15. The summed E-state index contributed by atoms with van der Waals surface area (Å²) in [7, 11) is 3.30. The molecule has 0 radical (unpaired) electrons. The average Bonchev–Trinajstić information content (AvgIpc) is 2.65. The molecule has 24 heavy (non-hydrogen) atoms. The third kappa shape index (κ3) is 4.22. The molecule has 2 rings (SSSR count). The van der Waals surface area contributed by atoms with Crippen molar-refractivity contribution in [3.63, 3.8) is 0 Å². The number of methoxy groups -OCH3 is 2. The highest BCUT2D eigenvalue weighted by atomic mass is 16.5. The summed E-state index contributed by atoms with van der Waals surface area (Å²) in [5, 5.41) is 0. The van der Waals surface area contributed by atoms with Crippen molar-refractivity contribution in [1.82, 2.24) is 0 Å². The summed E-state index contributed by atoms with van der Waals surface area (Å²) in [5.41, 5.74) is 1.88. The maximum Gasteiger partial charge on any atom is 0.168 e. The molecule has 2 aromatic carbocycles. The van der Waals surface area contributed by atoms with E-state index in [1.807, 2.05) is 62.4 Å². The molecule has 0 heterocycles. The number of hydrogen-bond donors (Lipinski definition) is 0. The molecule has 0 fully saturated rings. The Morgan fingerprint density at radius 1 is 0.625 bits per heavy atom. The van der Waals surface area contributed by atoms with Gasteiger partial charge in [0.2, 0.25) is 0 Å². The standard InChI is InChI=1S/C20H24O4/c1-5-23-19(15-7-11-17(21-3)12-8-15)20(24-6-2)16-9-13-18(22-4)14-10-16/h7-14H,5-6H2,1-4H3/b20-19-. The summed E-state index contributed by atoms with van der Waals surface area (Å²) in [6.07, 6.45) is 0. The van der Waals surface area contributed by atoms with Gasteiger partial charge in [-0.3, -0.25) is 0 Å². The SMILES string of the molecule is CCO/C(=C(\OCC)c1ccc(OC)cc1)c1ccc(OC)cc1. The summed E-state index contributed by atoms with van der Waals surface area (Å²) in [5.74, 6) is 3.04. The van der Waals surface area contributed by atoms with Crippen LogP contribution >= 0.6 is 0 Å². The summed E-state index contributed by atoms with van der Waals surface area (Å²) in [6.45, 7) is 5.02. The van der Waals surface area contributed by atoms with Gasteiger partial charge >= 0.3 is 0 Å². The van der Waals surface area contributed by atoms with Gasteiger partial charge in [-0.05, 0) is 62.4 Å². The first-order chi connectivity index (χ1) is 11.7. The third-order valence-corrected chi connectivity index (χ3v) is 3.49. The quantitative estimate of drug-likeness (QED) is 0.524. The molecule has 0 aromatic heterocycles. The molecule has 128 valence electrons. The van der Waals surface area contributed by atoms with Crippen LogP contribution in [0.1, 0.15) is 25.0 Å². The average molecular weight is 328 g/mol. The second-order valence-corrected chi connectivity index (χ2v) is 4.98. The van der Waals surface area contributed by atoms with Crippen LogP contribution < -0.4 is 9.47 Å². The Morgan fingerprint density at radius 2 is 0.958 bits per heavy atom. The van der Waals surface area contributed by atoms with Crippen LogP contribution in [0.15, 0.2) is 48.5 Å². The van der Waals surface area contributed by atoms with Gasteiger partial charge in [-0.25, -0.2) is 0 Å². The highest BCUT2D eigenvalue weighted by Crippen LogP contribution is 2.30. The van der Waals surface area contributed by atoms with E-state index in [-0.39, 0.29) is 0 Å². The molecule has 0 amide bonds. The lowest BCUT2D eigenvalue weighted by atomic mass is 10.1. The summed E-state index contributed by atoms with van der Waals surface area (Å²) < 4.78 is 22.3. The first-order valence-corrected chi connectivity index (χ1v) is 8.02. The Bertz CT molecular complexity index is 598. The second kappa shape index (κ2) is 8.87. The van der Waals surface area contributed by atoms with Crippen LogP contribution in [-0.2, 0) is 9.47 Å². The third-order valence-electron chi connectivity index (χ3n) is 3.49. The zero-order valence-corrected chi connectivity index (χ0v) is 14.7. The number of rotatable bonds is 8. The maximum atomic E-state index is 5.91. The van der Waals surface area contributed by atoms with Crippen molar-refractivity contribution in [3.05, 3.63) is 59.7 Å². The first kappa shape index (κ1) is 17.7. The van der Waals surface area contributed by atoms with E-state index in [9.17, 15) is 0 Å². The van der Waals surface area contributed by atoms with Gasteiger partial charge in [0.25, 0.3) is 0 Å². The van der Waals surface area contributed by atoms with Crippen molar-refractivity contribution in [3.8, 4) is 11.5 Å². The van der Waals surface area contributed by atoms with Crippen LogP contribution in [0.3, 0.4) is 0 Å². The van der Waals surface area contributed by atoms with Crippen LogP contribution in [0.2, 0.25) is 0 Å². The van der Waals surface area contributed by atoms with E-state index in [4.69, 9.17) is 18.9 Å². The largest absolute Gasteiger partial charge is 0.497 e. The molecule has 4 heteroatoms. The second-order valence-electron chi connectivity index (χ2n) is 4.98. The topological polar surface area (TPSA) is 36.9 Å². The molecule has 4 nitrogen and oxygen atoms in total. The lowest BCUT2D eigenvalue weighted by molar-refractivity contribution is 0.261. The summed E-state index contributed by atoms with van der Waals surface area (Å²) in [6, 6.07) is 15.5. The minimum absolute atomic E-state index is 0.550. The molecule has 0 aliphatic rings. The smallest absolute Gasteiger partial charge is 0.168 e. The van der Waals surface area contributed by atoms with Crippen molar-refractivity contribution in [2.24, 2.45) is 0 Å². The van der Waals surface area contributed by atoms with Gasteiger partial charge in [0.1, 0.15) is 11.5 Å². The van der Waals surface area contributed by atoms with E-state index in [1.165, 1.54) is 0 Å². The molecule has 0 saturated heterocycles. The van der Waals surface area contributed by atoms with Crippen LogP contribution in [-0.4, -0.2) is 27.4 Å². The van der Waals surface area contributed by atoms with Crippen molar-refractivity contribution in [2.45, 2.75) is 13.8 Å².